The number of nitrogens with zero attached hydrogens (tertiary/aromatic N) is 1. The number of amides is 1. The standard InChI is InChI=1S/C18H19ClFNOS/c1-13(16-5-3-4-6-17(16)20)21(2)18(22)12-23-11-14-7-9-15(19)10-8-14/h3-10,13H,11-12H2,1-2H3. The van der Waals surface area contributed by atoms with E-state index in [0.29, 0.717) is 16.3 Å². The average molecular weight is 352 g/mol. The van der Waals surface area contributed by atoms with Gasteiger partial charge in [0.05, 0.1) is 11.8 Å². The molecule has 0 radical (unpaired) electrons. The van der Waals surface area contributed by atoms with Gasteiger partial charge in [-0.2, -0.15) is 0 Å². The lowest BCUT2D eigenvalue weighted by atomic mass is 10.1. The summed E-state index contributed by atoms with van der Waals surface area (Å²) in [6.07, 6.45) is 0. The highest BCUT2D eigenvalue weighted by molar-refractivity contribution is 7.99. The van der Waals surface area contributed by atoms with Crippen molar-refractivity contribution in [2.75, 3.05) is 12.8 Å². The summed E-state index contributed by atoms with van der Waals surface area (Å²) in [5.74, 6) is 0.802. The number of hydrogen-bond donors (Lipinski definition) is 0. The lowest BCUT2D eigenvalue weighted by Crippen LogP contribution is -2.31. The maximum absolute atomic E-state index is 13.8. The monoisotopic (exact) mass is 351 g/mol. The van der Waals surface area contributed by atoms with Crippen LogP contribution in [0.25, 0.3) is 0 Å². The van der Waals surface area contributed by atoms with E-state index in [4.69, 9.17) is 11.6 Å². The Bertz CT molecular complexity index is 662. The summed E-state index contributed by atoms with van der Waals surface area (Å²) in [6.45, 7) is 1.83. The molecule has 0 saturated carbocycles. The van der Waals surface area contributed by atoms with Gasteiger partial charge in [-0.15, -0.1) is 11.8 Å². The summed E-state index contributed by atoms with van der Waals surface area (Å²) in [6, 6.07) is 13.8. The number of benzene rings is 2. The molecule has 1 amide bonds. The van der Waals surface area contributed by atoms with Crippen molar-refractivity contribution in [2.45, 2.75) is 18.7 Å². The molecule has 0 bridgehead atoms. The summed E-state index contributed by atoms with van der Waals surface area (Å²) in [5.41, 5.74) is 1.66. The molecule has 0 aliphatic heterocycles. The van der Waals surface area contributed by atoms with E-state index in [2.05, 4.69) is 0 Å². The van der Waals surface area contributed by atoms with Gasteiger partial charge in [0.1, 0.15) is 5.82 Å². The van der Waals surface area contributed by atoms with Crippen LogP contribution < -0.4 is 0 Å². The van der Waals surface area contributed by atoms with Crippen LogP contribution >= 0.6 is 23.4 Å². The molecule has 5 heteroatoms. The van der Waals surface area contributed by atoms with Crippen LogP contribution in [-0.2, 0) is 10.5 Å². The summed E-state index contributed by atoms with van der Waals surface area (Å²) >= 11 is 7.38. The van der Waals surface area contributed by atoms with Crippen LogP contribution in [0.3, 0.4) is 0 Å². The van der Waals surface area contributed by atoms with Crippen LogP contribution in [0.15, 0.2) is 48.5 Å². The molecular formula is C18H19ClFNOS. The molecule has 0 fully saturated rings. The lowest BCUT2D eigenvalue weighted by Gasteiger charge is -2.25. The molecule has 0 N–H and O–H groups in total. The SMILES string of the molecule is CC(c1ccccc1F)N(C)C(=O)CSCc1ccc(Cl)cc1. The average Bonchev–Trinajstić information content (AvgIpc) is 2.55. The van der Waals surface area contributed by atoms with E-state index in [1.807, 2.05) is 31.2 Å². The zero-order valence-electron chi connectivity index (χ0n) is 13.1. The number of carbonyl (C=O) groups excluding carboxylic acids is 1. The number of carbonyl (C=O) groups is 1. The summed E-state index contributed by atoms with van der Waals surface area (Å²) in [4.78, 5) is 13.9. The number of halogens is 2. The first-order chi connectivity index (χ1) is 11.0. The number of rotatable bonds is 6. The highest BCUT2D eigenvalue weighted by atomic mass is 35.5. The fourth-order valence-electron chi connectivity index (χ4n) is 2.18. The van der Waals surface area contributed by atoms with Gasteiger partial charge in [-0.05, 0) is 30.7 Å². The van der Waals surface area contributed by atoms with Crippen molar-refractivity contribution >= 4 is 29.3 Å². The minimum Gasteiger partial charge on any atom is -0.338 e. The molecule has 1 atom stereocenters. The van der Waals surface area contributed by atoms with E-state index < -0.39 is 0 Å². The third kappa shape index (κ3) is 4.98. The zero-order valence-corrected chi connectivity index (χ0v) is 14.7. The first kappa shape index (κ1) is 17.8. The Hall–Kier alpha value is -1.52. The van der Waals surface area contributed by atoms with Gasteiger partial charge in [0, 0.05) is 23.4 Å². The lowest BCUT2D eigenvalue weighted by molar-refractivity contribution is -0.128. The van der Waals surface area contributed by atoms with Crippen LogP contribution in [0.2, 0.25) is 5.02 Å². The van der Waals surface area contributed by atoms with Gasteiger partial charge in [-0.1, -0.05) is 41.9 Å². The van der Waals surface area contributed by atoms with E-state index in [1.54, 1.807) is 30.1 Å². The van der Waals surface area contributed by atoms with Crippen LogP contribution in [0, 0.1) is 5.82 Å². The Balaban J connectivity index is 1.87. The Morgan fingerprint density at radius 3 is 2.52 bits per heavy atom. The summed E-state index contributed by atoms with van der Waals surface area (Å²) in [7, 11) is 1.71. The molecule has 0 spiro atoms. The van der Waals surface area contributed by atoms with Crippen LogP contribution in [0.4, 0.5) is 4.39 Å². The maximum atomic E-state index is 13.8. The quantitative estimate of drug-likeness (QED) is 0.735. The Morgan fingerprint density at radius 1 is 1.22 bits per heavy atom. The highest BCUT2D eigenvalue weighted by Crippen LogP contribution is 2.23. The predicted octanol–water partition coefficient (Wildman–Crippen LogP) is 4.93. The molecule has 1 unspecified atom stereocenters. The fourth-order valence-corrected chi connectivity index (χ4v) is 3.21. The van der Waals surface area contributed by atoms with Crippen LogP contribution in [-0.4, -0.2) is 23.6 Å². The van der Waals surface area contributed by atoms with Crippen molar-refractivity contribution in [2.24, 2.45) is 0 Å². The van der Waals surface area contributed by atoms with Crippen molar-refractivity contribution in [1.29, 1.82) is 0 Å². The molecule has 23 heavy (non-hydrogen) atoms. The Labute approximate surface area is 145 Å². The first-order valence-electron chi connectivity index (χ1n) is 7.31. The highest BCUT2D eigenvalue weighted by Gasteiger charge is 2.19. The minimum absolute atomic E-state index is 0.0142. The summed E-state index contributed by atoms with van der Waals surface area (Å²) in [5, 5.41) is 0.702. The predicted molar refractivity (Wildman–Crippen MR) is 95.2 cm³/mol. The normalized spacial score (nSPS) is 12.0. The molecule has 0 aliphatic carbocycles. The number of hydrogen-bond acceptors (Lipinski definition) is 2. The van der Waals surface area contributed by atoms with Gasteiger partial charge in [0.25, 0.3) is 0 Å². The fraction of sp³-hybridized carbons (Fsp3) is 0.278. The molecular weight excluding hydrogens is 333 g/mol. The van der Waals surface area contributed by atoms with Gasteiger partial charge < -0.3 is 4.90 Å². The summed E-state index contributed by atoms with van der Waals surface area (Å²) < 4.78 is 13.8. The minimum atomic E-state index is -0.292. The Kier molecular flexibility index (Phi) is 6.48. The van der Waals surface area contributed by atoms with E-state index in [-0.39, 0.29) is 17.8 Å². The Morgan fingerprint density at radius 2 is 1.87 bits per heavy atom. The second kappa shape index (κ2) is 8.37. The first-order valence-corrected chi connectivity index (χ1v) is 8.84. The van der Waals surface area contributed by atoms with Crippen molar-refractivity contribution in [3.63, 3.8) is 0 Å². The molecule has 2 nitrogen and oxygen atoms in total. The number of thioether (sulfide) groups is 1. The molecule has 0 saturated heterocycles. The molecule has 122 valence electrons. The van der Waals surface area contributed by atoms with E-state index in [9.17, 15) is 9.18 Å². The molecule has 2 aromatic rings. The van der Waals surface area contributed by atoms with Crippen molar-refractivity contribution < 1.29 is 9.18 Å². The van der Waals surface area contributed by atoms with Crippen LogP contribution in [0.5, 0.6) is 0 Å². The van der Waals surface area contributed by atoms with Gasteiger partial charge in [0.15, 0.2) is 0 Å². The maximum Gasteiger partial charge on any atom is 0.232 e. The van der Waals surface area contributed by atoms with E-state index >= 15 is 0 Å². The van der Waals surface area contributed by atoms with Gasteiger partial charge in [-0.3, -0.25) is 4.79 Å². The largest absolute Gasteiger partial charge is 0.338 e. The smallest absolute Gasteiger partial charge is 0.232 e. The van der Waals surface area contributed by atoms with Crippen molar-refractivity contribution in [1.82, 2.24) is 4.90 Å². The molecule has 2 rings (SSSR count). The van der Waals surface area contributed by atoms with Gasteiger partial charge in [-0.25, -0.2) is 4.39 Å². The second-order valence-corrected chi connectivity index (χ2v) is 6.74. The van der Waals surface area contributed by atoms with E-state index in [0.717, 1.165) is 11.3 Å². The molecule has 2 aromatic carbocycles. The molecule has 0 heterocycles. The van der Waals surface area contributed by atoms with Crippen LogP contribution in [0.1, 0.15) is 24.1 Å². The third-order valence-electron chi connectivity index (χ3n) is 3.74. The van der Waals surface area contributed by atoms with Gasteiger partial charge >= 0.3 is 0 Å². The van der Waals surface area contributed by atoms with Crippen molar-refractivity contribution in [3.8, 4) is 0 Å². The van der Waals surface area contributed by atoms with E-state index in [1.165, 1.54) is 17.8 Å². The van der Waals surface area contributed by atoms with Crippen molar-refractivity contribution in [3.05, 3.63) is 70.5 Å². The third-order valence-corrected chi connectivity index (χ3v) is 4.98. The second-order valence-electron chi connectivity index (χ2n) is 5.32. The molecule has 0 aliphatic rings. The molecule has 0 aromatic heterocycles. The van der Waals surface area contributed by atoms with Gasteiger partial charge in [0.2, 0.25) is 5.91 Å². The topological polar surface area (TPSA) is 20.3 Å². The zero-order chi connectivity index (χ0) is 16.8.